The summed E-state index contributed by atoms with van der Waals surface area (Å²) in [7, 11) is 0. The number of anilines is 1. The summed E-state index contributed by atoms with van der Waals surface area (Å²) in [5.74, 6) is -0.199. The molecule has 0 fully saturated rings. The van der Waals surface area contributed by atoms with Gasteiger partial charge in [0, 0.05) is 10.2 Å². The molecule has 2 rings (SSSR count). The van der Waals surface area contributed by atoms with Crippen LogP contribution in [0.3, 0.4) is 0 Å². The van der Waals surface area contributed by atoms with E-state index >= 15 is 0 Å². The Kier molecular flexibility index (Phi) is 4.59. The molecule has 1 unspecified atom stereocenters. The van der Waals surface area contributed by atoms with Crippen LogP contribution in [-0.4, -0.2) is 0 Å². The summed E-state index contributed by atoms with van der Waals surface area (Å²) in [6, 6.07) is 13.1. The molecule has 0 aromatic heterocycles. The van der Waals surface area contributed by atoms with E-state index < -0.39 is 0 Å². The number of nitrogens with one attached hydrogen (secondary N) is 1. The molecule has 3 heteroatoms. The highest BCUT2D eigenvalue weighted by atomic mass is 79.9. The van der Waals surface area contributed by atoms with Crippen LogP contribution < -0.4 is 5.32 Å². The van der Waals surface area contributed by atoms with Crippen LogP contribution in [0.15, 0.2) is 46.9 Å². The van der Waals surface area contributed by atoms with Crippen molar-refractivity contribution >= 4 is 21.6 Å². The molecular weight excluding hydrogens is 305 g/mol. The van der Waals surface area contributed by atoms with Gasteiger partial charge in [-0.25, -0.2) is 4.39 Å². The predicted octanol–water partition coefficient (Wildman–Crippen LogP) is 5.46. The maximum Gasteiger partial charge on any atom is 0.123 e. The molecule has 0 aliphatic carbocycles. The third kappa shape index (κ3) is 3.57. The van der Waals surface area contributed by atoms with Crippen molar-refractivity contribution in [2.24, 2.45) is 0 Å². The van der Waals surface area contributed by atoms with Crippen molar-refractivity contribution < 1.29 is 4.39 Å². The minimum atomic E-state index is -0.199. The highest BCUT2D eigenvalue weighted by Crippen LogP contribution is 2.29. The van der Waals surface area contributed by atoms with Crippen molar-refractivity contribution in [2.45, 2.75) is 26.3 Å². The zero-order chi connectivity index (χ0) is 13.8. The van der Waals surface area contributed by atoms with Gasteiger partial charge in [0.2, 0.25) is 0 Å². The Balaban J connectivity index is 2.23. The van der Waals surface area contributed by atoms with Gasteiger partial charge in [0.05, 0.1) is 6.04 Å². The van der Waals surface area contributed by atoms with Crippen LogP contribution in [0.25, 0.3) is 0 Å². The summed E-state index contributed by atoms with van der Waals surface area (Å²) in [5, 5.41) is 3.50. The molecule has 0 bridgehead atoms. The second kappa shape index (κ2) is 6.20. The van der Waals surface area contributed by atoms with Gasteiger partial charge in [-0.1, -0.05) is 25.1 Å². The summed E-state index contributed by atoms with van der Waals surface area (Å²) in [4.78, 5) is 0. The molecule has 0 spiro atoms. The van der Waals surface area contributed by atoms with Gasteiger partial charge < -0.3 is 5.32 Å². The second-order valence-corrected chi connectivity index (χ2v) is 5.49. The van der Waals surface area contributed by atoms with Gasteiger partial charge in [0.1, 0.15) is 5.82 Å². The number of hydrogen-bond donors (Lipinski definition) is 1. The zero-order valence-corrected chi connectivity index (χ0v) is 12.7. The molecule has 1 atom stereocenters. The standard InChI is InChI=1S/C16H17BrFN/c1-3-15(12-5-7-13(18)8-6-12)19-16-10-11(2)4-9-14(16)17/h4-10,15,19H,3H2,1-2H3. The van der Waals surface area contributed by atoms with Crippen molar-refractivity contribution in [1.82, 2.24) is 0 Å². The fourth-order valence-corrected chi connectivity index (χ4v) is 2.41. The van der Waals surface area contributed by atoms with E-state index in [2.05, 4.69) is 47.2 Å². The lowest BCUT2D eigenvalue weighted by Crippen LogP contribution is -2.10. The van der Waals surface area contributed by atoms with Crippen molar-refractivity contribution in [1.29, 1.82) is 0 Å². The smallest absolute Gasteiger partial charge is 0.123 e. The maximum absolute atomic E-state index is 13.0. The van der Waals surface area contributed by atoms with Gasteiger partial charge in [-0.15, -0.1) is 0 Å². The molecule has 0 heterocycles. The SMILES string of the molecule is CCC(Nc1cc(C)ccc1Br)c1ccc(F)cc1. The molecule has 0 radical (unpaired) electrons. The summed E-state index contributed by atoms with van der Waals surface area (Å²) >= 11 is 3.55. The molecule has 19 heavy (non-hydrogen) atoms. The monoisotopic (exact) mass is 321 g/mol. The predicted molar refractivity (Wildman–Crippen MR) is 81.9 cm³/mol. The normalized spacial score (nSPS) is 12.2. The van der Waals surface area contributed by atoms with Crippen LogP contribution in [0.2, 0.25) is 0 Å². The molecule has 1 N–H and O–H groups in total. The fraction of sp³-hybridized carbons (Fsp3) is 0.250. The van der Waals surface area contributed by atoms with Gasteiger partial charge in [0.25, 0.3) is 0 Å². The topological polar surface area (TPSA) is 12.0 Å². The third-order valence-electron chi connectivity index (χ3n) is 3.13. The zero-order valence-electron chi connectivity index (χ0n) is 11.1. The second-order valence-electron chi connectivity index (χ2n) is 4.64. The lowest BCUT2D eigenvalue weighted by Gasteiger charge is -2.20. The van der Waals surface area contributed by atoms with Crippen molar-refractivity contribution in [3.05, 3.63) is 63.9 Å². The Morgan fingerprint density at radius 3 is 2.47 bits per heavy atom. The van der Waals surface area contributed by atoms with Crippen LogP contribution in [-0.2, 0) is 0 Å². The minimum Gasteiger partial charge on any atom is -0.377 e. The average Bonchev–Trinajstić information content (AvgIpc) is 2.41. The molecule has 0 aliphatic heterocycles. The van der Waals surface area contributed by atoms with Crippen LogP contribution in [0.1, 0.15) is 30.5 Å². The van der Waals surface area contributed by atoms with Gasteiger partial charge in [-0.2, -0.15) is 0 Å². The Labute approximate surface area is 122 Å². The highest BCUT2D eigenvalue weighted by Gasteiger charge is 2.11. The molecule has 0 aliphatic rings. The van der Waals surface area contributed by atoms with Gasteiger partial charge in [-0.05, 0) is 64.7 Å². The van der Waals surface area contributed by atoms with Crippen molar-refractivity contribution in [3.8, 4) is 0 Å². The molecule has 2 aromatic carbocycles. The molecule has 1 nitrogen and oxygen atoms in total. The largest absolute Gasteiger partial charge is 0.377 e. The van der Waals surface area contributed by atoms with Gasteiger partial charge >= 0.3 is 0 Å². The maximum atomic E-state index is 13.0. The lowest BCUT2D eigenvalue weighted by atomic mass is 10.0. The Bertz CT molecular complexity index is 551. The summed E-state index contributed by atoms with van der Waals surface area (Å²) in [6.07, 6.45) is 0.937. The first-order chi connectivity index (χ1) is 9.10. The van der Waals surface area contributed by atoms with Crippen LogP contribution in [0.5, 0.6) is 0 Å². The number of hydrogen-bond acceptors (Lipinski definition) is 1. The Morgan fingerprint density at radius 2 is 1.84 bits per heavy atom. The van der Waals surface area contributed by atoms with Crippen LogP contribution >= 0.6 is 15.9 Å². The fourth-order valence-electron chi connectivity index (χ4n) is 2.05. The quantitative estimate of drug-likeness (QED) is 0.788. The van der Waals surface area contributed by atoms with E-state index in [1.807, 2.05) is 18.2 Å². The molecule has 0 saturated carbocycles. The first-order valence-corrected chi connectivity index (χ1v) is 7.17. The molecule has 100 valence electrons. The number of halogens is 2. The van der Waals surface area contributed by atoms with E-state index in [0.29, 0.717) is 0 Å². The lowest BCUT2D eigenvalue weighted by molar-refractivity contribution is 0.625. The van der Waals surface area contributed by atoms with E-state index in [9.17, 15) is 4.39 Å². The van der Waals surface area contributed by atoms with Crippen molar-refractivity contribution in [2.75, 3.05) is 5.32 Å². The number of aryl methyl sites for hydroxylation is 1. The molecular formula is C16H17BrFN. The van der Waals surface area contributed by atoms with E-state index in [0.717, 1.165) is 22.1 Å². The summed E-state index contributed by atoms with van der Waals surface area (Å²) in [6.45, 7) is 4.18. The minimum absolute atomic E-state index is 0.179. The summed E-state index contributed by atoms with van der Waals surface area (Å²) < 4.78 is 14.0. The molecule has 0 saturated heterocycles. The van der Waals surface area contributed by atoms with E-state index in [-0.39, 0.29) is 11.9 Å². The van der Waals surface area contributed by atoms with E-state index in [1.54, 1.807) is 0 Å². The Morgan fingerprint density at radius 1 is 1.16 bits per heavy atom. The van der Waals surface area contributed by atoms with E-state index in [1.165, 1.54) is 17.7 Å². The first kappa shape index (κ1) is 14.1. The number of benzene rings is 2. The first-order valence-electron chi connectivity index (χ1n) is 6.38. The summed E-state index contributed by atoms with van der Waals surface area (Å²) in [5.41, 5.74) is 3.37. The van der Waals surface area contributed by atoms with Crippen LogP contribution in [0, 0.1) is 12.7 Å². The molecule has 2 aromatic rings. The van der Waals surface area contributed by atoms with E-state index in [4.69, 9.17) is 0 Å². The Hall–Kier alpha value is -1.35. The van der Waals surface area contributed by atoms with Crippen LogP contribution in [0.4, 0.5) is 10.1 Å². The highest BCUT2D eigenvalue weighted by molar-refractivity contribution is 9.10. The van der Waals surface area contributed by atoms with Gasteiger partial charge in [0.15, 0.2) is 0 Å². The van der Waals surface area contributed by atoms with Crippen molar-refractivity contribution in [3.63, 3.8) is 0 Å². The average molecular weight is 322 g/mol. The molecule has 0 amide bonds. The number of rotatable bonds is 4. The van der Waals surface area contributed by atoms with Gasteiger partial charge in [-0.3, -0.25) is 0 Å². The third-order valence-corrected chi connectivity index (χ3v) is 3.82.